The number of aromatic nitrogens is 1. The predicted octanol–water partition coefficient (Wildman–Crippen LogP) is 1.06. The molecule has 1 aliphatic carbocycles. The molecule has 0 unspecified atom stereocenters. The SMILES string of the molecule is Cc1nc(CCN=C(N)NC2CC2)cs1. The first-order valence-corrected chi connectivity index (χ1v) is 6.09. The number of hydrogen-bond donors (Lipinski definition) is 2. The molecule has 4 nitrogen and oxygen atoms in total. The van der Waals surface area contributed by atoms with Gasteiger partial charge in [-0.15, -0.1) is 11.3 Å². The van der Waals surface area contributed by atoms with Crippen LogP contribution in [0.15, 0.2) is 10.4 Å². The molecule has 0 atom stereocenters. The highest BCUT2D eigenvalue weighted by atomic mass is 32.1. The molecule has 82 valence electrons. The minimum atomic E-state index is 0.574. The maximum Gasteiger partial charge on any atom is 0.188 e. The van der Waals surface area contributed by atoms with Gasteiger partial charge >= 0.3 is 0 Å². The number of aryl methyl sites for hydroxylation is 1. The molecule has 0 aliphatic heterocycles. The molecule has 0 amide bonds. The summed E-state index contributed by atoms with van der Waals surface area (Å²) >= 11 is 1.68. The van der Waals surface area contributed by atoms with Gasteiger partial charge in [0.15, 0.2) is 5.96 Å². The standard InChI is InChI=1S/C10H16N4S/c1-7-13-9(6-15-7)4-5-12-10(11)14-8-2-3-8/h6,8H,2-5H2,1H3,(H3,11,12,14). The number of hydrogen-bond acceptors (Lipinski definition) is 3. The summed E-state index contributed by atoms with van der Waals surface area (Å²) in [7, 11) is 0. The van der Waals surface area contributed by atoms with Crippen LogP contribution in [0.1, 0.15) is 23.5 Å². The molecule has 1 aromatic heterocycles. The van der Waals surface area contributed by atoms with Crippen LogP contribution in [0.4, 0.5) is 0 Å². The summed E-state index contributed by atoms with van der Waals surface area (Å²) < 4.78 is 0. The van der Waals surface area contributed by atoms with Gasteiger partial charge in [0.05, 0.1) is 10.7 Å². The fourth-order valence-corrected chi connectivity index (χ4v) is 1.94. The Hall–Kier alpha value is -1.10. The molecule has 0 saturated heterocycles. The molecule has 1 heterocycles. The van der Waals surface area contributed by atoms with E-state index in [1.807, 2.05) is 6.92 Å². The third-order valence-electron chi connectivity index (χ3n) is 2.25. The van der Waals surface area contributed by atoms with Gasteiger partial charge in [-0.2, -0.15) is 0 Å². The van der Waals surface area contributed by atoms with E-state index in [0.717, 1.165) is 17.1 Å². The molecule has 0 radical (unpaired) electrons. The van der Waals surface area contributed by atoms with E-state index in [1.54, 1.807) is 11.3 Å². The lowest BCUT2D eigenvalue weighted by Gasteiger charge is -2.01. The average Bonchev–Trinajstić information content (AvgIpc) is 2.89. The third-order valence-corrected chi connectivity index (χ3v) is 3.07. The van der Waals surface area contributed by atoms with Crippen molar-refractivity contribution in [2.45, 2.75) is 32.2 Å². The lowest BCUT2D eigenvalue weighted by molar-refractivity contribution is 0.863. The first kappa shape index (κ1) is 10.4. The molecule has 15 heavy (non-hydrogen) atoms. The monoisotopic (exact) mass is 224 g/mol. The summed E-state index contributed by atoms with van der Waals surface area (Å²) in [5.74, 6) is 0.574. The summed E-state index contributed by atoms with van der Waals surface area (Å²) in [6.07, 6.45) is 3.32. The van der Waals surface area contributed by atoms with Crippen LogP contribution < -0.4 is 11.1 Å². The van der Waals surface area contributed by atoms with Gasteiger partial charge in [-0.1, -0.05) is 0 Å². The molecule has 1 aliphatic rings. The smallest absolute Gasteiger partial charge is 0.188 e. The Morgan fingerprint density at radius 1 is 1.73 bits per heavy atom. The van der Waals surface area contributed by atoms with Gasteiger partial charge < -0.3 is 11.1 Å². The summed E-state index contributed by atoms with van der Waals surface area (Å²) in [6.45, 7) is 2.73. The second kappa shape index (κ2) is 4.61. The lowest BCUT2D eigenvalue weighted by atomic mass is 10.3. The molecule has 3 N–H and O–H groups in total. The third kappa shape index (κ3) is 3.51. The fourth-order valence-electron chi connectivity index (χ4n) is 1.30. The van der Waals surface area contributed by atoms with Crippen molar-refractivity contribution in [2.24, 2.45) is 10.7 Å². The van der Waals surface area contributed by atoms with Crippen LogP contribution in [-0.4, -0.2) is 23.5 Å². The highest BCUT2D eigenvalue weighted by molar-refractivity contribution is 7.09. The van der Waals surface area contributed by atoms with Gasteiger partial charge in [-0.25, -0.2) is 4.98 Å². The normalized spacial score (nSPS) is 16.7. The van der Waals surface area contributed by atoms with Gasteiger partial charge in [0.1, 0.15) is 0 Å². The van der Waals surface area contributed by atoms with Crippen molar-refractivity contribution >= 4 is 17.3 Å². The van der Waals surface area contributed by atoms with Crippen molar-refractivity contribution in [3.8, 4) is 0 Å². The van der Waals surface area contributed by atoms with Crippen molar-refractivity contribution in [2.75, 3.05) is 6.54 Å². The van der Waals surface area contributed by atoms with Crippen LogP contribution in [0.3, 0.4) is 0 Å². The molecule has 2 rings (SSSR count). The van der Waals surface area contributed by atoms with Gasteiger partial charge in [0, 0.05) is 24.4 Å². The molecule has 0 bridgehead atoms. The molecule has 1 aromatic rings. The zero-order chi connectivity index (χ0) is 10.7. The maximum atomic E-state index is 5.71. The van der Waals surface area contributed by atoms with Gasteiger partial charge in [-0.3, -0.25) is 4.99 Å². The van der Waals surface area contributed by atoms with E-state index in [9.17, 15) is 0 Å². The number of rotatable bonds is 4. The minimum absolute atomic E-state index is 0.574. The first-order valence-electron chi connectivity index (χ1n) is 5.21. The van der Waals surface area contributed by atoms with Crippen LogP contribution in [0.2, 0.25) is 0 Å². The number of nitrogens with two attached hydrogens (primary N) is 1. The molecule has 0 aromatic carbocycles. The Bertz CT molecular complexity index is 354. The molecular formula is C10H16N4S. The zero-order valence-electron chi connectivity index (χ0n) is 8.86. The van der Waals surface area contributed by atoms with Crippen molar-refractivity contribution in [3.05, 3.63) is 16.1 Å². The fraction of sp³-hybridized carbons (Fsp3) is 0.600. The molecule has 1 fully saturated rings. The van der Waals surface area contributed by atoms with Crippen LogP contribution >= 0.6 is 11.3 Å². The van der Waals surface area contributed by atoms with Gasteiger partial charge in [0.25, 0.3) is 0 Å². The lowest BCUT2D eigenvalue weighted by Crippen LogP contribution is -2.33. The Kier molecular flexibility index (Phi) is 3.20. The number of nitrogens with zero attached hydrogens (tertiary/aromatic N) is 2. The van der Waals surface area contributed by atoms with Gasteiger partial charge in [0.2, 0.25) is 0 Å². The Balaban J connectivity index is 1.72. The van der Waals surface area contributed by atoms with Crippen LogP contribution in [0.25, 0.3) is 0 Å². The van der Waals surface area contributed by atoms with E-state index in [2.05, 4.69) is 20.7 Å². The van der Waals surface area contributed by atoms with E-state index >= 15 is 0 Å². The van der Waals surface area contributed by atoms with Crippen LogP contribution in [0.5, 0.6) is 0 Å². The average molecular weight is 224 g/mol. The molecule has 1 saturated carbocycles. The molecular weight excluding hydrogens is 208 g/mol. The van der Waals surface area contributed by atoms with Crippen LogP contribution in [0, 0.1) is 6.92 Å². The highest BCUT2D eigenvalue weighted by Gasteiger charge is 2.21. The van der Waals surface area contributed by atoms with E-state index in [0.29, 0.717) is 18.5 Å². The Morgan fingerprint density at radius 2 is 2.53 bits per heavy atom. The largest absolute Gasteiger partial charge is 0.370 e. The van der Waals surface area contributed by atoms with Crippen molar-refractivity contribution < 1.29 is 0 Å². The topological polar surface area (TPSA) is 63.3 Å². The summed E-state index contributed by atoms with van der Waals surface area (Å²) in [6, 6.07) is 0.579. The Labute approximate surface area is 93.6 Å². The highest BCUT2D eigenvalue weighted by Crippen LogP contribution is 2.17. The number of thiazole rings is 1. The van der Waals surface area contributed by atoms with Crippen molar-refractivity contribution in [1.82, 2.24) is 10.3 Å². The van der Waals surface area contributed by atoms with Crippen molar-refractivity contribution in [1.29, 1.82) is 0 Å². The number of aliphatic imine (C=N–C) groups is 1. The van der Waals surface area contributed by atoms with E-state index in [-0.39, 0.29) is 0 Å². The second-order valence-corrected chi connectivity index (χ2v) is 4.86. The quantitative estimate of drug-likeness (QED) is 0.594. The minimum Gasteiger partial charge on any atom is -0.370 e. The number of nitrogens with one attached hydrogen (secondary N) is 1. The number of guanidine groups is 1. The van der Waals surface area contributed by atoms with E-state index < -0.39 is 0 Å². The molecule has 5 heteroatoms. The maximum absolute atomic E-state index is 5.71. The van der Waals surface area contributed by atoms with Crippen molar-refractivity contribution in [3.63, 3.8) is 0 Å². The molecule has 0 spiro atoms. The summed E-state index contributed by atoms with van der Waals surface area (Å²) in [5, 5.41) is 6.34. The van der Waals surface area contributed by atoms with E-state index in [1.165, 1.54) is 12.8 Å². The van der Waals surface area contributed by atoms with Crippen LogP contribution in [-0.2, 0) is 6.42 Å². The predicted molar refractivity (Wildman–Crippen MR) is 63.2 cm³/mol. The second-order valence-electron chi connectivity index (χ2n) is 3.79. The van der Waals surface area contributed by atoms with E-state index in [4.69, 9.17) is 5.73 Å². The zero-order valence-corrected chi connectivity index (χ0v) is 9.68. The van der Waals surface area contributed by atoms with Gasteiger partial charge in [-0.05, 0) is 19.8 Å². The first-order chi connectivity index (χ1) is 7.24. The summed E-state index contributed by atoms with van der Waals surface area (Å²) in [5.41, 5.74) is 6.82. The summed E-state index contributed by atoms with van der Waals surface area (Å²) in [4.78, 5) is 8.63. The Morgan fingerprint density at radius 3 is 3.13 bits per heavy atom.